The van der Waals surface area contributed by atoms with E-state index in [9.17, 15) is 9.59 Å². The number of hydrogen-bond donors (Lipinski definition) is 0. The fraction of sp³-hybridized carbons (Fsp3) is 0.619. The molecule has 1 amide bonds. The number of benzene rings is 1. The molecule has 3 rings (SSSR count). The topological polar surface area (TPSA) is 74.3 Å². The van der Waals surface area contributed by atoms with Crippen molar-refractivity contribution < 1.29 is 28.5 Å². The van der Waals surface area contributed by atoms with Gasteiger partial charge in [0.2, 0.25) is 0 Å². The highest BCUT2D eigenvalue weighted by Crippen LogP contribution is 2.35. The molecular weight excluding hydrogens is 362 g/mol. The standard InChI is InChI=1S/C21H29NO6/c1-20(2,3)28-19(24)22-11-16(23)18-17(26-21(4,5)27-18)15(22)13-25-12-14-9-7-6-8-10-14/h6-10,15,17-18H,11-13H2,1-5H3/t15-,17+,18-/m0/s1. The number of Topliss-reactive ketones (excluding diaryl/α,β-unsaturated/α-hetero) is 1. The van der Waals surface area contributed by atoms with Crippen LogP contribution in [0, 0.1) is 0 Å². The van der Waals surface area contributed by atoms with Crippen molar-refractivity contribution in [1.29, 1.82) is 0 Å². The molecule has 0 aromatic heterocycles. The molecule has 0 unspecified atom stereocenters. The van der Waals surface area contributed by atoms with Crippen LogP contribution in [-0.2, 0) is 30.3 Å². The minimum Gasteiger partial charge on any atom is -0.444 e. The van der Waals surface area contributed by atoms with Gasteiger partial charge in [-0.15, -0.1) is 0 Å². The largest absolute Gasteiger partial charge is 0.444 e. The molecular formula is C21H29NO6. The molecule has 7 nitrogen and oxygen atoms in total. The lowest BCUT2D eigenvalue weighted by Crippen LogP contribution is -2.62. The third kappa shape index (κ3) is 4.90. The highest BCUT2D eigenvalue weighted by atomic mass is 16.8. The van der Waals surface area contributed by atoms with Crippen molar-refractivity contribution in [2.45, 2.75) is 70.9 Å². The van der Waals surface area contributed by atoms with E-state index in [0.717, 1.165) is 5.56 Å². The summed E-state index contributed by atoms with van der Waals surface area (Å²) in [6, 6.07) is 9.28. The Morgan fingerprint density at radius 2 is 1.89 bits per heavy atom. The van der Waals surface area contributed by atoms with Crippen molar-refractivity contribution in [2.24, 2.45) is 0 Å². The zero-order chi connectivity index (χ0) is 20.5. The van der Waals surface area contributed by atoms with Gasteiger partial charge in [-0.05, 0) is 40.2 Å². The van der Waals surface area contributed by atoms with E-state index in [0.29, 0.717) is 6.61 Å². The summed E-state index contributed by atoms with van der Waals surface area (Å²) in [6.45, 7) is 9.42. The highest BCUT2D eigenvalue weighted by Gasteiger charge is 2.55. The Balaban J connectivity index is 1.76. The minimum absolute atomic E-state index is 0.0884. The summed E-state index contributed by atoms with van der Waals surface area (Å²) in [7, 11) is 0. The summed E-state index contributed by atoms with van der Waals surface area (Å²) in [5.74, 6) is -1.09. The van der Waals surface area contributed by atoms with Gasteiger partial charge in [0.05, 0.1) is 25.8 Å². The number of rotatable bonds is 4. The van der Waals surface area contributed by atoms with E-state index in [4.69, 9.17) is 18.9 Å². The maximum Gasteiger partial charge on any atom is 0.411 e. The molecule has 2 aliphatic heterocycles. The fourth-order valence-corrected chi connectivity index (χ4v) is 3.45. The van der Waals surface area contributed by atoms with Crippen LogP contribution >= 0.6 is 0 Å². The van der Waals surface area contributed by atoms with Crippen LogP contribution in [-0.4, -0.2) is 59.6 Å². The number of ether oxygens (including phenoxy) is 4. The Bertz CT molecular complexity index is 711. The number of likely N-dealkylation sites (tertiary alicyclic amines) is 1. The molecule has 0 N–H and O–H groups in total. The lowest BCUT2D eigenvalue weighted by Gasteiger charge is -2.40. The summed E-state index contributed by atoms with van der Waals surface area (Å²) < 4.78 is 23.1. The molecule has 0 saturated carbocycles. The first kappa shape index (κ1) is 20.8. The first-order chi connectivity index (χ1) is 13.1. The van der Waals surface area contributed by atoms with Gasteiger partial charge >= 0.3 is 6.09 Å². The summed E-state index contributed by atoms with van der Waals surface area (Å²) >= 11 is 0. The number of fused-ring (bicyclic) bond motifs is 1. The molecule has 2 saturated heterocycles. The van der Waals surface area contributed by atoms with Crippen LogP contribution in [0.1, 0.15) is 40.2 Å². The van der Waals surface area contributed by atoms with E-state index in [-0.39, 0.29) is 18.9 Å². The molecule has 1 aromatic rings. The number of hydrogen-bond acceptors (Lipinski definition) is 6. The third-order valence-corrected chi connectivity index (χ3v) is 4.58. The second kappa shape index (κ2) is 7.81. The lowest BCUT2D eigenvalue weighted by molar-refractivity contribution is -0.154. The molecule has 2 fully saturated rings. The van der Waals surface area contributed by atoms with Gasteiger partial charge in [-0.25, -0.2) is 4.79 Å². The van der Waals surface area contributed by atoms with E-state index < -0.39 is 35.7 Å². The molecule has 3 atom stereocenters. The average Bonchev–Trinajstić information content (AvgIpc) is 2.92. The summed E-state index contributed by atoms with van der Waals surface area (Å²) in [6.07, 6.45) is -1.86. The van der Waals surface area contributed by atoms with Crippen molar-refractivity contribution in [3.8, 4) is 0 Å². The van der Waals surface area contributed by atoms with E-state index in [1.807, 2.05) is 30.3 Å². The molecule has 0 radical (unpaired) electrons. The van der Waals surface area contributed by atoms with Crippen LogP contribution in [0.5, 0.6) is 0 Å². The van der Waals surface area contributed by atoms with Crippen LogP contribution in [0.3, 0.4) is 0 Å². The fourth-order valence-electron chi connectivity index (χ4n) is 3.45. The third-order valence-electron chi connectivity index (χ3n) is 4.58. The molecule has 7 heteroatoms. The van der Waals surface area contributed by atoms with E-state index in [2.05, 4.69) is 0 Å². The lowest BCUT2D eigenvalue weighted by atomic mass is 9.96. The smallest absolute Gasteiger partial charge is 0.411 e. The quantitative estimate of drug-likeness (QED) is 0.786. The first-order valence-electron chi connectivity index (χ1n) is 9.55. The number of nitrogens with zero attached hydrogens (tertiary/aromatic N) is 1. The Labute approximate surface area is 165 Å². The Morgan fingerprint density at radius 3 is 2.54 bits per heavy atom. The van der Waals surface area contributed by atoms with Crippen LogP contribution in [0.2, 0.25) is 0 Å². The number of carbonyl (C=O) groups is 2. The zero-order valence-corrected chi connectivity index (χ0v) is 17.1. The maximum absolute atomic E-state index is 12.8. The number of piperidine rings is 1. The molecule has 0 spiro atoms. The van der Waals surface area contributed by atoms with Crippen LogP contribution in [0.15, 0.2) is 30.3 Å². The molecule has 2 heterocycles. The van der Waals surface area contributed by atoms with Crippen LogP contribution in [0.25, 0.3) is 0 Å². The van der Waals surface area contributed by atoms with E-state index in [1.165, 1.54) is 4.90 Å². The van der Waals surface area contributed by atoms with Gasteiger partial charge in [-0.2, -0.15) is 0 Å². The Hall–Kier alpha value is -1.96. The summed E-state index contributed by atoms with van der Waals surface area (Å²) in [4.78, 5) is 26.7. The van der Waals surface area contributed by atoms with Crippen molar-refractivity contribution in [1.82, 2.24) is 4.90 Å². The van der Waals surface area contributed by atoms with Gasteiger partial charge < -0.3 is 18.9 Å². The van der Waals surface area contributed by atoms with Crippen molar-refractivity contribution in [3.63, 3.8) is 0 Å². The van der Waals surface area contributed by atoms with Gasteiger partial charge in [0.25, 0.3) is 0 Å². The second-order valence-electron chi connectivity index (χ2n) is 8.66. The van der Waals surface area contributed by atoms with Crippen molar-refractivity contribution in [2.75, 3.05) is 13.2 Å². The van der Waals surface area contributed by atoms with Crippen molar-refractivity contribution in [3.05, 3.63) is 35.9 Å². The van der Waals surface area contributed by atoms with E-state index in [1.54, 1.807) is 34.6 Å². The Morgan fingerprint density at radius 1 is 1.21 bits per heavy atom. The predicted octanol–water partition coefficient (Wildman–Crippen LogP) is 2.91. The summed E-state index contributed by atoms with van der Waals surface area (Å²) in [5, 5.41) is 0. The molecule has 1 aromatic carbocycles. The molecule has 28 heavy (non-hydrogen) atoms. The number of ketones is 1. The Kier molecular flexibility index (Phi) is 5.79. The maximum atomic E-state index is 12.8. The van der Waals surface area contributed by atoms with Gasteiger partial charge in [-0.1, -0.05) is 30.3 Å². The monoisotopic (exact) mass is 391 g/mol. The SMILES string of the molecule is CC(C)(C)OC(=O)N1CC(=O)[C@@H]2OC(C)(C)O[C@@H]2[C@@H]1COCc1ccccc1. The van der Waals surface area contributed by atoms with Crippen molar-refractivity contribution >= 4 is 11.9 Å². The van der Waals surface area contributed by atoms with Crippen LogP contribution < -0.4 is 0 Å². The molecule has 0 bridgehead atoms. The van der Waals surface area contributed by atoms with Gasteiger partial charge in [0.1, 0.15) is 17.8 Å². The molecule has 2 aliphatic rings. The summed E-state index contributed by atoms with van der Waals surface area (Å²) in [5.41, 5.74) is 0.359. The predicted molar refractivity (Wildman–Crippen MR) is 102 cm³/mol. The number of amides is 1. The van der Waals surface area contributed by atoms with E-state index >= 15 is 0 Å². The molecule has 154 valence electrons. The average molecular weight is 391 g/mol. The first-order valence-corrected chi connectivity index (χ1v) is 9.55. The van der Waals surface area contributed by atoms with Gasteiger partial charge in [0, 0.05) is 0 Å². The minimum atomic E-state index is -0.896. The van der Waals surface area contributed by atoms with Gasteiger partial charge in [0.15, 0.2) is 11.6 Å². The van der Waals surface area contributed by atoms with Gasteiger partial charge in [-0.3, -0.25) is 9.69 Å². The number of carbonyl (C=O) groups excluding carboxylic acids is 2. The normalized spacial score (nSPS) is 26.8. The highest BCUT2D eigenvalue weighted by molar-refractivity contribution is 5.90. The second-order valence-corrected chi connectivity index (χ2v) is 8.66. The molecule has 0 aliphatic carbocycles. The van der Waals surface area contributed by atoms with Crippen LogP contribution in [0.4, 0.5) is 4.79 Å². The zero-order valence-electron chi connectivity index (χ0n) is 17.1.